The normalized spacial score (nSPS) is 12.0. The molecule has 0 fully saturated rings. The summed E-state index contributed by atoms with van der Waals surface area (Å²) in [6.45, 7) is 7.44. The highest BCUT2D eigenvalue weighted by Crippen LogP contribution is 2.18. The fourth-order valence-corrected chi connectivity index (χ4v) is 1.31. The van der Waals surface area contributed by atoms with E-state index in [1.165, 1.54) is 4.57 Å². The number of aromatic nitrogens is 2. The number of aromatic hydroxyl groups is 1. The lowest BCUT2D eigenvalue weighted by molar-refractivity contribution is 0.373. The molecule has 0 saturated carbocycles. The molecular formula is C8H14N2O2. The maximum atomic E-state index is 11.3. The Bertz CT molecular complexity index is 341. The summed E-state index contributed by atoms with van der Waals surface area (Å²) in [5.74, 6) is -0.0464. The molecule has 4 nitrogen and oxygen atoms in total. The van der Waals surface area contributed by atoms with Crippen LogP contribution in [-0.4, -0.2) is 14.7 Å². The number of H-pyrrole nitrogens is 1. The second-order valence-corrected chi connectivity index (χ2v) is 3.87. The first-order chi connectivity index (χ1) is 5.34. The van der Waals surface area contributed by atoms with Gasteiger partial charge in [-0.2, -0.15) is 0 Å². The summed E-state index contributed by atoms with van der Waals surface area (Å²) in [4.78, 5) is 13.6. The van der Waals surface area contributed by atoms with Gasteiger partial charge in [-0.3, -0.25) is 9.55 Å². The Morgan fingerprint density at radius 2 is 1.92 bits per heavy atom. The Kier molecular flexibility index (Phi) is 1.78. The van der Waals surface area contributed by atoms with Crippen LogP contribution in [0.5, 0.6) is 5.88 Å². The first-order valence-electron chi connectivity index (χ1n) is 3.85. The van der Waals surface area contributed by atoms with Crippen LogP contribution in [0.1, 0.15) is 26.5 Å². The molecule has 0 saturated heterocycles. The molecule has 1 rings (SSSR count). The molecule has 12 heavy (non-hydrogen) atoms. The third-order valence-corrected chi connectivity index (χ3v) is 1.78. The number of nitrogens with zero attached hydrogens (tertiary/aromatic N) is 1. The van der Waals surface area contributed by atoms with Crippen molar-refractivity contribution in [1.82, 2.24) is 9.55 Å². The summed E-state index contributed by atoms with van der Waals surface area (Å²) in [6.07, 6.45) is 0. The fraction of sp³-hybridized carbons (Fsp3) is 0.625. The summed E-state index contributed by atoms with van der Waals surface area (Å²) >= 11 is 0. The number of nitrogens with one attached hydrogen (secondary N) is 1. The molecule has 4 heteroatoms. The van der Waals surface area contributed by atoms with Crippen LogP contribution in [0.4, 0.5) is 0 Å². The van der Waals surface area contributed by atoms with Gasteiger partial charge in [0.25, 0.3) is 0 Å². The van der Waals surface area contributed by atoms with Crippen LogP contribution in [-0.2, 0) is 5.54 Å². The van der Waals surface area contributed by atoms with Crippen molar-refractivity contribution in [3.05, 3.63) is 16.2 Å². The molecule has 1 aromatic heterocycles. The zero-order valence-electron chi connectivity index (χ0n) is 7.80. The Morgan fingerprint density at radius 1 is 1.42 bits per heavy atom. The summed E-state index contributed by atoms with van der Waals surface area (Å²) in [5.41, 5.74) is 0.0172. The van der Waals surface area contributed by atoms with E-state index in [1.54, 1.807) is 6.92 Å². The van der Waals surface area contributed by atoms with Crippen molar-refractivity contribution in [2.45, 2.75) is 33.2 Å². The molecule has 0 aliphatic carbocycles. The zero-order valence-corrected chi connectivity index (χ0v) is 7.80. The van der Waals surface area contributed by atoms with Gasteiger partial charge in [0.1, 0.15) is 0 Å². The fourth-order valence-electron chi connectivity index (χ4n) is 1.31. The Morgan fingerprint density at radius 3 is 2.08 bits per heavy atom. The molecule has 0 aromatic carbocycles. The lowest BCUT2D eigenvalue weighted by Gasteiger charge is -2.20. The van der Waals surface area contributed by atoms with Gasteiger partial charge in [0.15, 0.2) is 0 Å². The van der Waals surface area contributed by atoms with Gasteiger partial charge in [0, 0.05) is 5.54 Å². The topological polar surface area (TPSA) is 58.0 Å². The van der Waals surface area contributed by atoms with Gasteiger partial charge in [-0.05, 0) is 27.7 Å². The van der Waals surface area contributed by atoms with E-state index in [0.29, 0.717) is 5.69 Å². The SMILES string of the molecule is Cc1c(O)[nH]c(=O)n1C(C)(C)C. The predicted molar refractivity (Wildman–Crippen MR) is 46.5 cm³/mol. The molecule has 0 bridgehead atoms. The molecule has 0 aliphatic heterocycles. The molecule has 2 N–H and O–H groups in total. The minimum Gasteiger partial charge on any atom is -0.493 e. The molecular weight excluding hydrogens is 156 g/mol. The highest BCUT2D eigenvalue weighted by Gasteiger charge is 2.20. The second-order valence-electron chi connectivity index (χ2n) is 3.87. The standard InChI is InChI=1S/C8H14N2O2/c1-5-6(11)9-7(12)10(5)8(2,3)4/h11H,1-4H3,(H,9,12). The molecule has 1 heterocycles. The largest absolute Gasteiger partial charge is 0.493 e. The quantitative estimate of drug-likeness (QED) is 0.609. The average molecular weight is 170 g/mol. The van der Waals surface area contributed by atoms with Crippen LogP contribution in [0.25, 0.3) is 0 Å². The van der Waals surface area contributed by atoms with Gasteiger partial charge in [-0.25, -0.2) is 4.79 Å². The van der Waals surface area contributed by atoms with Crippen molar-refractivity contribution in [2.75, 3.05) is 0 Å². The minimum atomic E-state index is -0.293. The van der Waals surface area contributed by atoms with Crippen LogP contribution < -0.4 is 5.69 Å². The van der Waals surface area contributed by atoms with E-state index in [1.807, 2.05) is 20.8 Å². The highest BCUT2D eigenvalue weighted by molar-refractivity contribution is 5.17. The van der Waals surface area contributed by atoms with E-state index < -0.39 is 0 Å². The number of aromatic amines is 1. The van der Waals surface area contributed by atoms with Crippen molar-refractivity contribution in [1.29, 1.82) is 0 Å². The van der Waals surface area contributed by atoms with Crippen molar-refractivity contribution in [3.63, 3.8) is 0 Å². The molecule has 0 atom stereocenters. The Balaban J connectivity index is 3.43. The number of hydrogen-bond acceptors (Lipinski definition) is 2. The molecule has 0 radical (unpaired) electrons. The van der Waals surface area contributed by atoms with Gasteiger partial charge in [0.05, 0.1) is 5.69 Å². The van der Waals surface area contributed by atoms with Crippen molar-refractivity contribution >= 4 is 0 Å². The number of rotatable bonds is 0. The Hall–Kier alpha value is -1.19. The Labute approximate surface area is 70.9 Å². The summed E-state index contributed by atoms with van der Waals surface area (Å²) in [6, 6.07) is 0. The molecule has 0 amide bonds. The van der Waals surface area contributed by atoms with Gasteiger partial charge < -0.3 is 5.11 Å². The van der Waals surface area contributed by atoms with E-state index in [4.69, 9.17) is 0 Å². The van der Waals surface area contributed by atoms with E-state index in [9.17, 15) is 9.90 Å². The monoisotopic (exact) mass is 170 g/mol. The zero-order chi connectivity index (χ0) is 9.52. The van der Waals surface area contributed by atoms with E-state index in [2.05, 4.69) is 4.98 Å². The third kappa shape index (κ3) is 1.24. The number of imidazole rings is 1. The maximum absolute atomic E-state index is 11.3. The van der Waals surface area contributed by atoms with Crippen molar-refractivity contribution in [2.24, 2.45) is 0 Å². The third-order valence-electron chi connectivity index (χ3n) is 1.78. The minimum absolute atomic E-state index is 0.0464. The van der Waals surface area contributed by atoms with E-state index in [0.717, 1.165) is 0 Å². The molecule has 1 aromatic rings. The molecule has 0 unspecified atom stereocenters. The lowest BCUT2D eigenvalue weighted by atomic mass is 10.1. The highest BCUT2D eigenvalue weighted by atomic mass is 16.3. The van der Waals surface area contributed by atoms with Gasteiger partial charge in [-0.15, -0.1) is 0 Å². The van der Waals surface area contributed by atoms with Crippen molar-refractivity contribution in [3.8, 4) is 5.88 Å². The maximum Gasteiger partial charge on any atom is 0.329 e. The van der Waals surface area contributed by atoms with Crippen LogP contribution >= 0.6 is 0 Å². The van der Waals surface area contributed by atoms with Crippen LogP contribution in [0, 0.1) is 6.92 Å². The number of hydrogen-bond donors (Lipinski definition) is 2. The summed E-state index contributed by atoms with van der Waals surface area (Å²) in [7, 11) is 0. The van der Waals surface area contributed by atoms with Gasteiger partial charge in [-0.1, -0.05) is 0 Å². The van der Waals surface area contributed by atoms with Crippen LogP contribution in [0.2, 0.25) is 0 Å². The summed E-state index contributed by atoms with van der Waals surface area (Å²) < 4.78 is 1.53. The van der Waals surface area contributed by atoms with E-state index in [-0.39, 0.29) is 17.1 Å². The molecule has 0 aliphatic rings. The molecule has 68 valence electrons. The van der Waals surface area contributed by atoms with Crippen LogP contribution in [0.15, 0.2) is 4.79 Å². The lowest BCUT2D eigenvalue weighted by Crippen LogP contribution is -2.32. The van der Waals surface area contributed by atoms with Crippen LogP contribution in [0.3, 0.4) is 0 Å². The molecule has 0 spiro atoms. The smallest absolute Gasteiger partial charge is 0.329 e. The summed E-state index contributed by atoms with van der Waals surface area (Å²) in [5, 5.41) is 9.21. The van der Waals surface area contributed by atoms with Crippen molar-refractivity contribution < 1.29 is 5.11 Å². The predicted octanol–water partition coefficient (Wildman–Crippen LogP) is 0.945. The first-order valence-corrected chi connectivity index (χ1v) is 3.85. The first kappa shape index (κ1) is 8.90. The average Bonchev–Trinajstić information content (AvgIpc) is 2.05. The second kappa shape index (κ2) is 2.40. The van der Waals surface area contributed by atoms with Gasteiger partial charge in [0.2, 0.25) is 5.88 Å². The van der Waals surface area contributed by atoms with Gasteiger partial charge >= 0.3 is 5.69 Å². The van der Waals surface area contributed by atoms with E-state index >= 15 is 0 Å².